The maximum atomic E-state index is 13.8. The molecular formula is C31H30N2O4S. The second-order valence-corrected chi connectivity index (χ2v) is 9.75. The van der Waals surface area contributed by atoms with Crippen LogP contribution >= 0.6 is 11.3 Å². The van der Waals surface area contributed by atoms with Crippen LogP contribution in [-0.2, 0) is 4.79 Å². The zero-order valence-electron chi connectivity index (χ0n) is 21.8. The van der Waals surface area contributed by atoms with Crippen molar-refractivity contribution in [1.82, 2.24) is 10.6 Å². The SMILES string of the molecule is COc1ccc(C(=O)N/C(=C\c2cccs2)C(=O)NC(c2ccccc2)c2ccc(C)cc2C)cc1OC. The highest BCUT2D eigenvalue weighted by atomic mass is 32.1. The van der Waals surface area contributed by atoms with Crippen molar-refractivity contribution >= 4 is 29.2 Å². The molecule has 0 bridgehead atoms. The molecule has 1 heterocycles. The van der Waals surface area contributed by atoms with Gasteiger partial charge in [-0.2, -0.15) is 0 Å². The third kappa shape index (κ3) is 6.30. The molecule has 194 valence electrons. The van der Waals surface area contributed by atoms with Crippen molar-refractivity contribution < 1.29 is 19.1 Å². The first kappa shape index (κ1) is 26.7. The van der Waals surface area contributed by atoms with E-state index >= 15 is 0 Å². The van der Waals surface area contributed by atoms with Crippen LogP contribution in [0.3, 0.4) is 0 Å². The van der Waals surface area contributed by atoms with Crippen molar-refractivity contribution in [2.45, 2.75) is 19.9 Å². The molecule has 7 heteroatoms. The Morgan fingerprint density at radius 1 is 0.868 bits per heavy atom. The Kier molecular flexibility index (Phi) is 8.61. The Morgan fingerprint density at radius 3 is 2.29 bits per heavy atom. The molecule has 1 aromatic heterocycles. The summed E-state index contributed by atoms with van der Waals surface area (Å²) in [5.41, 5.74) is 4.60. The summed E-state index contributed by atoms with van der Waals surface area (Å²) in [6.45, 7) is 4.07. The van der Waals surface area contributed by atoms with Gasteiger partial charge in [-0.15, -0.1) is 11.3 Å². The summed E-state index contributed by atoms with van der Waals surface area (Å²) in [5, 5.41) is 7.89. The van der Waals surface area contributed by atoms with E-state index in [1.807, 2.05) is 73.8 Å². The number of benzene rings is 3. The fraction of sp³-hybridized carbons (Fsp3) is 0.161. The summed E-state index contributed by atoms with van der Waals surface area (Å²) < 4.78 is 10.6. The molecule has 38 heavy (non-hydrogen) atoms. The van der Waals surface area contributed by atoms with Crippen molar-refractivity contribution in [2.24, 2.45) is 0 Å². The normalized spacial score (nSPS) is 11.9. The van der Waals surface area contributed by atoms with Gasteiger partial charge in [0.1, 0.15) is 5.70 Å². The molecule has 2 N–H and O–H groups in total. The largest absolute Gasteiger partial charge is 0.493 e. The second kappa shape index (κ2) is 12.3. The number of ether oxygens (including phenoxy) is 2. The van der Waals surface area contributed by atoms with Crippen LogP contribution in [-0.4, -0.2) is 26.0 Å². The van der Waals surface area contributed by atoms with Crippen LogP contribution in [0.5, 0.6) is 11.5 Å². The number of methoxy groups -OCH3 is 2. The van der Waals surface area contributed by atoms with Crippen LogP contribution in [0.1, 0.15) is 43.5 Å². The van der Waals surface area contributed by atoms with Gasteiger partial charge in [-0.25, -0.2) is 0 Å². The average Bonchev–Trinajstić information content (AvgIpc) is 3.45. The highest BCUT2D eigenvalue weighted by Gasteiger charge is 2.23. The predicted octanol–water partition coefficient (Wildman–Crippen LogP) is 6.06. The van der Waals surface area contributed by atoms with E-state index in [0.717, 1.165) is 27.1 Å². The Balaban J connectivity index is 1.68. The average molecular weight is 527 g/mol. The third-order valence-corrected chi connectivity index (χ3v) is 6.93. The molecule has 0 radical (unpaired) electrons. The lowest BCUT2D eigenvalue weighted by atomic mass is 9.93. The number of thiophene rings is 1. The quantitative estimate of drug-likeness (QED) is 0.260. The summed E-state index contributed by atoms with van der Waals surface area (Å²) >= 11 is 1.47. The van der Waals surface area contributed by atoms with Gasteiger partial charge in [-0.05, 0) is 66.3 Å². The van der Waals surface area contributed by atoms with Gasteiger partial charge < -0.3 is 20.1 Å². The topological polar surface area (TPSA) is 76.7 Å². The molecule has 1 atom stereocenters. The molecule has 4 aromatic rings. The molecule has 3 aromatic carbocycles. The molecule has 0 saturated heterocycles. The van der Waals surface area contributed by atoms with E-state index in [2.05, 4.69) is 16.7 Å². The Bertz CT molecular complexity index is 1450. The monoisotopic (exact) mass is 526 g/mol. The molecule has 0 aliphatic heterocycles. The first-order valence-corrected chi connectivity index (χ1v) is 13.0. The summed E-state index contributed by atoms with van der Waals surface area (Å²) in [5.74, 6) is 0.0930. The van der Waals surface area contributed by atoms with E-state index in [4.69, 9.17) is 9.47 Å². The van der Waals surface area contributed by atoms with Crippen molar-refractivity contribution in [3.05, 3.63) is 123 Å². The number of carbonyl (C=O) groups excluding carboxylic acids is 2. The van der Waals surface area contributed by atoms with Crippen molar-refractivity contribution in [3.63, 3.8) is 0 Å². The van der Waals surface area contributed by atoms with Gasteiger partial charge >= 0.3 is 0 Å². The first-order chi connectivity index (χ1) is 18.4. The zero-order chi connectivity index (χ0) is 27.1. The fourth-order valence-corrected chi connectivity index (χ4v) is 4.85. The number of amides is 2. The van der Waals surface area contributed by atoms with E-state index in [1.165, 1.54) is 25.6 Å². The summed E-state index contributed by atoms with van der Waals surface area (Å²) in [6, 6.07) is 24.2. The predicted molar refractivity (Wildman–Crippen MR) is 152 cm³/mol. The minimum atomic E-state index is -0.438. The molecule has 4 rings (SSSR count). The molecule has 0 aliphatic rings. The standard InChI is InChI=1S/C31H30N2O4S/c1-20-12-14-25(21(2)17-20)29(22-9-6-5-7-10-22)33-31(35)26(19-24-11-8-16-38-24)32-30(34)23-13-15-27(36-3)28(18-23)37-4/h5-19,29H,1-4H3,(H,32,34)(H,33,35)/b26-19-. The van der Waals surface area contributed by atoms with Gasteiger partial charge in [0.05, 0.1) is 20.3 Å². The van der Waals surface area contributed by atoms with Crippen LogP contribution in [0.15, 0.2) is 89.9 Å². The highest BCUT2D eigenvalue weighted by molar-refractivity contribution is 7.10. The van der Waals surface area contributed by atoms with E-state index < -0.39 is 17.9 Å². The van der Waals surface area contributed by atoms with Crippen LogP contribution in [0, 0.1) is 13.8 Å². The Hall–Kier alpha value is -4.36. The second-order valence-electron chi connectivity index (χ2n) is 8.77. The smallest absolute Gasteiger partial charge is 0.268 e. The minimum absolute atomic E-state index is 0.137. The lowest BCUT2D eigenvalue weighted by Crippen LogP contribution is -2.37. The summed E-state index contributed by atoms with van der Waals surface area (Å²) in [6.07, 6.45) is 1.68. The van der Waals surface area contributed by atoms with E-state index in [-0.39, 0.29) is 5.70 Å². The molecule has 6 nitrogen and oxygen atoms in total. The van der Waals surface area contributed by atoms with Gasteiger partial charge in [0.2, 0.25) is 0 Å². The Labute approximate surface area is 226 Å². The summed E-state index contributed by atoms with van der Waals surface area (Å²) in [4.78, 5) is 27.8. The van der Waals surface area contributed by atoms with Crippen LogP contribution < -0.4 is 20.1 Å². The highest BCUT2D eigenvalue weighted by Crippen LogP contribution is 2.28. The van der Waals surface area contributed by atoms with Gasteiger partial charge in [-0.1, -0.05) is 60.2 Å². The maximum Gasteiger partial charge on any atom is 0.268 e. The van der Waals surface area contributed by atoms with E-state index in [9.17, 15) is 9.59 Å². The fourth-order valence-electron chi connectivity index (χ4n) is 4.19. The van der Waals surface area contributed by atoms with Gasteiger partial charge in [0.25, 0.3) is 11.8 Å². The van der Waals surface area contributed by atoms with Gasteiger partial charge in [0.15, 0.2) is 11.5 Å². The van der Waals surface area contributed by atoms with E-state index in [0.29, 0.717) is 17.1 Å². The van der Waals surface area contributed by atoms with Crippen LogP contribution in [0.4, 0.5) is 0 Å². The lowest BCUT2D eigenvalue weighted by molar-refractivity contribution is -0.118. The third-order valence-electron chi connectivity index (χ3n) is 6.11. The number of hydrogen-bond acceptors (Lipinski definition) is 5. The number of aryl methyl sites for hydroxylation is 2. The van der Waals surface area contributed by atoms with E-state index in [1.54, 1.807) is 24.3 Å². The molecule has 0 aliphatic carbocycles. The summed E-state index contributed by atoms with van der Waals surface area (Å²) in [7, 11) is 3.04. The van der Waals surface area contributed by atoms with Crippen LogP contribution in [0.25, 0.3) is 6.08 Å². The first-order valence-electron chi connectivity index (χ1n) is 12.1. The van der Waals surface area contributed by atoms with Gasteiger partial charge in [-0.3, -0.25) is 9.59 Å². The number of rotatable bonds is 9. The molecule has 0 spiro atoms. The Morgan fingerprint density at radius 2 is 1.63 bits per heavy atom. The number of carbonyl (C=O) groups is 2. The van der Waals surface area contributed by atoms with Crippen molar-refractivity contribution in [1.29, 1.82) is 0 Å². The molecular weight excluding hydrogens is 496 g/mol. The minimum Gasteiger partial charge on any atom is -0.493 e. The van der Waals surface area contributed by atoms with Gasteiger partial charge in [0, 0.05) is 10.4 Å². The zero-order valence-corrected chi connectivity index (χ0v) is 22.6. The van der Waals surface area contributed by atoms with Crippen molar-refractivity contribution in [3.8, 4) is 11.5 Å². The van der Waals surface area contributed by atoms with Crippen LogP contribution in [0.2, 0.25) is 0 Å². The molecule has 0 saturated carbocycles. The molecule has 0 fully saturated rings. The number of hydrogen-bond donors (Lipinski definition) is 2. The molecule has 2 amide bonds. The lowest BCUT2D eigenvalue weighted by Gasteiger charge is -2.23. The number of nitrogens with one attached hydrogen (secondary N) is 2. The molecule has 1 unspecified atom stereocenters. The maximum absolute atomic E-state index is 13.8. The van der Waals surface area contributed by atoms with Crippen molar-refractivity contribution in [2.75, 3.05) is 14.2 Å².